The smallest absolute Gasteiger partial charge is 0.408 e. The van der Waals surface area contributed by atoms with Gasteiger partial charge in [-0.3, -0.25) is 4.79 Å². The molecule has 2 N–H and O–H groups in total. The summed E-state index contributed by atoms with van der Waals surface area (Å²) in [4.78, 5) is 34.1. The number of ether oxygens (including phenoxy) is 2. The molecule has 2 aromatic carbocycles. The van der Waals surface area contributed by atoms with Crippen LogP contribution in [0, 0.1) is 6.92 Å². The van der Waals surface area contributed by atoms with Gasteiger partial charge in [-0.05, 0) is 63.9 Å². The zero-order chi connectivity index (χ0) is 31.4. The molecule has 5 aromatic rings. The highest BCUT2D eigenvalue weighted by molar-refractivity contribution is 5.91. The molecule has 1 aliphatic rings. The number of aryl methyl sites for hydroxylation is 1. The van der Waals surface area contributed by atoms with Gasteiger partial charge in [0.15, 0.2) is 11.3 Å². The van der Waals surface area contributed by atoms with Crippen LogP contribution >= 0.6 is 0 Å². The van der Waals surface area contributed by atoms with Gasteiger partial charge in [-0.1, -0.05) is 36.4 Å². The Hall–Kier alpha value is -4.83. The second kappa shape index (κ2) is 10.4. The van der Waals surface area contributed by atoms with Crippen molar-refractivity contribution in [3.8, 4) is 28.1 Å². The number of aliphatic hydroxyl groups is 1. The number of nitrogens with one attached hydrogen (secondary N) is 1. The van der Waals surface area contributed by atoms with E-state index < -0.39 is 28.8 Å². The Kier molecular flexibility index (Phi) is 6.92. The summed E-state index contributed by atoms with van der Waals surface area (Å²) in [6.45, 7) is 10.5. The monoisotopic (exact) mass is 593 g/mol. The third-order valence-electron chi connectivity index (χ3n) is 7.60. The average molecular weight is 594 g/mol. The van der Waals surface area contributed by atoms with Crippen molar-refractivity contribution in [2.45, 2.75) is 71.1 Å². The van der Waals surface area contributed by atoms with E-state index in [1.165, 1.54) is 6.92 Å². The first-order chi connectivity index (χ1) is 20.7. The third kappa shape index (κ3) is 5.72. The summed E-state index contributed by atoms with van der Waals surface area (Å²) < 4.78 is 12.6. The predicted octanol–water partition coefficient (Wildman–Crippen LogP) is 6.11. The van der Waals surface area contributed by atoms with Crippen LogP contribution in [0.1, 0.15) is 58.7 Å². The maximum atomic E-state index is 12.8. The van der Waals surface area contributed by atoms with Gasteiger partial charge < -0.3 is 19.9 Å². The van der Waals surface area contributed by atoms with Crippen LogP contribution in [0.2, 0.25) is 0 Å². The lowest BCUT2D eigenvalue weighted by Gasteiger charge is -2.52. The topological polar surface area (TPSA) is 128 Å². The number of amides is 1. The molecule has 10 heteroatoms. The minimum Gasteiger partial charge on any atom is -0.444 e. The zero-order valence-electron chi connectivity index (χ0n) is 25.6. The van der Waals surface area contributed by atoms with Crippen LogP contribution < -0.4 is 10.1 Å². The van der Waals surface area contributed by atoms with E-state index >= 15 is 0 Å². The summed E-state index contributed by atoms with van der Waals surface area (Å²) in [6.07, 6.45) is 1.95. The molecular weight excluding hydrogens is 558 g/mol. The fraction of sp³-hybridized carbons (Fsp3) is 0.324. The fourth-order valence-corrected chi connectivity index (χ4v) is 6.05. The number of benzene rings is 2. The minimum absolute atomic E-state index is 0.352. The molecular formula is C34H35N5O5. The van der Waals surface area contributed by atoms with Gasteiger partial charge in [0.05, 0.1) is 22.5 Å². The number of rotatable bonds is 5. The SMILES string of the molecule is CC(=O)Oc1cccc(-c2cc3cnc4cc(C)nn4c3nc2-c2ccc([C@]3(NC(=O)OC(C)(C)C)C[C@](C)(O)C3)cc2)c1. The number of nitrogens with zero attached hydrogens (tertiary/aromatic N) is 4. The lowest BCUT2D eigenvalue weighted by Crippen LogP contribution is -2.62. The number of aromatic nitrogens is 4. The lowest BCUT2D eigenvalue weighted by atomic mass is 9.62. The summed E-state index contributed by atoms with van der Waals surface area (Å²) in [5.74, 6) is 0.0269. The molecule has 0 bridgehead atoms. The molecule has 0 radical (unpaired) electrons. The maximum Gasteiger partial charge on any atom is 0.408 e. The van der Waals surface area contributed by atoms with Crippen molar-refractivity contribution >= 4 is 28.7 Å². The quantitative estimate of drug-likeness (QED) is 0.185. The second-order valence-corrected chi connectivity index (χ2v) is 12.9. The molecule has 3 heterocycles. The largest absolute Gasteiger partial charge is 0.444 e. The standard InChI is InChI=1S/C34H35N5O5/c1-20-14-28-35-17-24-16-27(23-8-7-9-26(15-23)43-21(2)40)29(36-30(24)39(28)38-20)22-10-12-25(13-11-22)34(18-33(6,42)19-34)37-31(41)44-32(3,4)5/h7-17,42H,18-19H2,1-6H3,(H,37,41)/t33-,34-. The minimum atomic E-state index is -0.908. The van der Waals surface area contributed by atoms with Crippen LogP contribution in [0.3, 0.4) is 0 Å². The molecule has 0 saturated heterocycles. The van der Waals surface area contributed by atoms with Gasteiger partial charge in [-0.2, -0.15) is 9.61 Å². The molecule has 10 nitrogen and oxygen atoms in total. The molecule has 1 fully saturated rings. The average Bonchev–Trinajstić information content (AvgIpc) is 3.30. The van der Waals surface area contributed by atoms with E-state index in [1.54, 1.807) is 23.7 Å². The molecule has 3 aromatic heterocycles. The number of alkyl carbamates (subject to hydrolysis) is 1. The molecule has 1 amide bonds. The highest BCUT2D eigenvalue weighted by atomic mass is 16.6. The Labute approximate surface area is 255 Å². The normalized spacial score (nSPS) is 19.9. The number of carbonyl (C=O) groups excluding carboxylic acids is 2. The van der Waals surface area contributed by atoms with Crippen molar-refractivity contribution < 1.29 is 24.2 Å². The van der Waals surface area contributed by atoms with Gasteiger partial charge in [0.2, 0.25) is 0 Å². The Morgan fingerprint density at radius 1 is 1.02 bits per heavy atom. The van der Waals surface area contributed by atoms with Gasteiger partial charge >= 0.3 is 12.1 Å². The summed E-state index contributed by atoms with van der Waals surface area (Å²) in [5, 5.41) is 19.1. The second-order valence-electron chi connectivity index (χ2n) is 12.9. The van der Waals surface area contributed by atoms with Crippen molar-refractivity contribution in [3.05, 3.63) is 78.1 Å². The summed E-state index contributed by atoms with van der Waals surface area (Å²) in [6, 6.07) is 19.0. The molecule has 0 unspecified atom stereocenters. The highest BCUT2D eigenvalue weighted by Gasteiger charge is 2.53. The van der Waals surface area contributed by atoms with Crippen molar-refractivity contribution in [2.24, 2.45) is 0 Å². The number of carbonyl (C=O) groups is 2. The van der Waals surface area contributed by atoms with Crippen molar-refractivity contribution in [1.82, 2.24) is 24.9 Å². The Morgan fingerprint density at radius 2 is 1.75 bits per heavy atom. The Balaban J connectivity index is 1.46. The van der Waals surface area contributed by atoms with E-state index in [2.05, 4.69) is 15.4 Å². The maximum absolute atomic E-state index is 12.8. The molecule has 0 atom stereocenters. The van der Waals surface area contributed by atoms with E-state index in [0.29, 0.717) is 35.6 Å². The van der Waals surface area contributed by atoms with E-state index in [1.807, 2.05) is 82.3 Å². The van der Waals surface area contributed by atoms with Crippen LogP contribution in [0.4, 0.5) is 4.79 Å². The third-order valence-corrected chi connectivity index (χ3v) is 7.60. The van der Waals surface area contributed by atoms with Crippen LogP contribution in [-0.2, 0) is 15.1 Å². The summed E-state index contributed by atoms with van der Waals surface area (Å²) >= 11 is 0. The number of pyridine rings is 1. The van der Waals surface area contributed by atoms with Crippen LogP contribution in [0.15, 0.2) is 66.9 Å². The van der Waals surface area contributed by atoms with Crippen LogP contribution in [0.5, 0.6) is 5.75 Å². The van der Waals surface area contributed by atoms with E-state index in [0.717, 1.165) is 33.3 Å². The number of hydrogen-bond donors (Lipinski definition) is 2. The van der Waals surface area contributed by atoms with Crippen molar-refractivity contribution in [1.29, 1.82) is 0 Å². The first-order valence-corrected chi connectivity index (χ1v) is 14.5. The van der Waals surface area contributed by atoms with Gasteiger partial charge in [-0.15, -0.1) is 0 Å². The van der Waals surface area contributed by atoms with Crippen molar-refractivity contribution in [3.63, 3.8) is 0 Å². The highest BCUT2D eigenvalue weighted by Crippen LogP contribution is 2.49. The molecule has 44 heavy (non-hydrogen) atoms. The van der Waals surface area contributed by atoms with Gasteiger partial charge in [0, 0.05) is 48.5 Å². The van der Waals surface area contributed by atoms with Gasteiger partial charge in [0.1, 0.15) is 11.4 Å². The first kappa shape index (κ1) is 29.3. The Morgan fingerprint density at radius 3 is 2.41 bits per heavy atom. The van der Waals surface area contributed by atoms with E-state index in [9.17, 15) is 14.7 Å². The first-order valence-electron chi connectivity index (χ1n) is 14.5. The summed E-state index contributed by atoms with van der Waals surface area (Å²) in [5.41, 5.74) is 3.85. The van der Waals surface area contributed by atoms with Crippen LogP contribution in [0.25, 0.3) is 39.1 Å². The summed E-state index contributed by atoms with van der Waals surface area (Å²) in [7, 11) is 0. The number of hydrogen-bond acceptors (Lipinski definition) is 8. The zero-order valence-corrected chi connectivity index (χ0v) is 25.6. The molecule has 0 spiro atoms. The molecule has 1 aliphatic carbocycles. The predicted molar refractivity (Wildman–Crippen MR) is 166 cm³/mol. The number of esters is 1. The molecule has 6 rings (SSSR count). The van der Waals surface area contributed by atoms with Gasteiger partial charge in [-0.25, -0.2) is 14.8 Å². The van der Waals surface area contributed by atoms with Crippen molar-refractivity contribution in [2.75, 3.05) is 0 Å². The molecule has 1 saturated carbocycles. The lowest BCUT2D eigenvalue weighted by molar-refractivity contribution is -0.131. The fourth-order valence-electron chi connectivity index (χ4n) is 6.05. The molecule has 0 aliphatic heterocycles. The van der Waals surface area contributed by atoms with E-state index in [-0.39, 0.29) is 0 Å². The molecule has 226 valence electrons. The number of fused-ring (bicyclic) bond motifs is 3. The van der Waals surface area contributed by atoms with Gasteiger partial charge in [0.25, 0.3) is 0 Å². The van der Waals surface area contributed by atoms with Crippen LogP contribution in [-0.4, -0.2) is 48.0 Å². The Bertz CT molecular complexity index is 1910. The van der Waals surface area contributed by atoms with E-state index in [4.69, 9.17) is 14.5 Å².